The van der Waals surface area contributed by atoms with Crippen LogP contribution in [0.1, 0.15) is 11.8 Å². The van der Waals surface area contributed by atoms with E-state index in [2.05, 4.69) is 9.97 Å². The number of aliphatic hydroxyl groups is 2. The Hall–Kier alpha value is -3.34. The van der Waals surface area contributed by atoms with Gasteiger partial charge in [0.05, 0.1) is 24.5 Å². The van der Waals surface area contributed by atoms with Crippen molar-refractivity contribution in [3.63, 3.8) is 0 Å². The summed E-state index contributed by atoms with van der Waals surface area (Å²) >= 11 is 0. The van der Waals surface area contributed by atoms with Crippen LogP contribution in [0.4, 0.5) is 5.82 Å². The number of carbonyl (C=O) groups excluding carboxylic acids is 1. The topological polar surface area (TPSA) is 225 Å². The molecule has 0 unspecified atom stereocenters. The van der Waals surface area contributed by atoms with E-state index in [-0.39, 0.29) is 18.0 Å². The van der Waals surface area contributed by atoms with Crippen LogP contribution in [-0.4, -0.2) is 75.1 Å². The Morgan fingerprint density at radius 2 is 1.91 bits per heavy atom. The minimum absolute atomic E-state index is 0.0128. The second kappa shape index (κ2) is 9.73. The molecule has 15 heteroatoms. The monoisotopic (exact) mass is 508 g/mol. The molecule has 1 fully saturated rings. The third-order valence-electron chi connectivity index (χ3n) is 5.47. The van der Waals surface area contributed by atoms with Gasteiger partial charge < -0.3 is 36.1 Å². The van der Waals surface area contributed by atoms with Crippen molar-refractivity contribution in [3.05, 3.63) is 48.4 Å². The van der Waals surface area contributed by atoms with Crippen molar-refractivity contribution in [1.82, 2.24) is 19.3 Å². The molecule has 4 rings (SSSR count). The summed E-state index contributed by atoms with van der Waals surface area (Å²) in [6.07, 6.45) is -2.50. The van der Waals surface area contributed by atoms with Gasteiger partial charge >= 0.3 is 10.3 Å². The molecule has 5 atom stereocenters. The number of imidazole rings is 1. The number of aromatic nitrogens is 3. The van der Waals surface area contributed by atoms with Gasteiger partial charge in [0.25, 0.3) is 5.91 Å². The normalized spacial score (nSPS) is 23.4. The first-order valence-electron chi connectivity index (χ1n) is 10.4. The average molecular weight is 509 g/mol. The summed E-state index contributed by atoms with van der Waals surface area (Å²) in [5.41, 5.74) is 13.0. The lowest BCUT2D eigenvalue weighted by Gasteiger charge is -2.17. The number of nitrogens with zero attached hydrogens (tertiary/aromatic N) is 3. The molecule has 0 radical (unpaired) electrons. The predicted molar refractivity (Wildman–Crippen MR) is 121 cm³/mol. The highest BCUT2D eigenvalue weighted by molar-refractivity contribution is 7.85. The number of hydrogen-bond donors (Lipinski definition) is 6. The van der Waals surface area contributed by atoms with E-state index in [4.69, 9.17) is 20.4 Å². The Morgan fingerprint density at radius 1 is 1.20 bits per heavy atom. The number of ether oxygens (including phenoxy) is 1. The third kappa shape index (κ3) is 5.34. The zero-order chi connectivity index (χ0) is 25.3. The number of nitrogen functional groups attached to an aromatic ring is 1. The fraction of sp³-hybridized carbons (Fsp3) is 0.350. The first-order valence-corrected chi connectivity index (χ1v) is 11.8. The summed E-state index contributed by atoms with van der Waals surface area (Å²) in [4.78, 5) is 20.3. The Morgan fingerprint density at radius 3 is 2.63 bits per heavy atom. The smallest absolute Gasteiger partial charge is 0.362 e. The van der Waals surface area contributed by atoms with E-state index < -0.39 is 53.4 Å². The fourth-order valence-corrected chi connectivity index (χ4v) is 4.42. The summed E-state index contributed by atoms with van der Waals surface area (Å²) in [6, 6.07) is 6.28. The summed E-state index contributed by atoms with van der Waals surface area (Å²) in [5.74, 6) is -0.812. The van der Waals surface area contributed by atoms with Crippen LogP contribution in [0.2, 0.25) is 0 Å². The van der Waals surface area contributed by atoms with E-state index in [1.807, 2.05) is 0 Å². The van der Waals surface area contributed by atoms with E-state index in [1.165, 1.54) is 29.2 Å². The van der Waals surface area contributed by atoms with E-state index in [0.717, 1.165) is 0 Å². The molecule has 0 spiro atoms. The van der Waals surface area contributed by atoms with Crippen molar-refractivity contribution in [1.29, 1.82) is 0 Å². The highest BCUT2D eigenvalue weighted by Gasteiger charge is 2.45. The van der Waals surface area contributed by atoms with E-state index in [0.29, 0.717) is 16.6 Å². The van der Waals surface area contributed by atoms with E-state index >= 15 is 0 Å². The molecule has 1 aliphatic heterocycles. The van der Waals surface area contributed by atoms with Gasteiger partial charge in [-0.3, -0.25) is 8.98 Å². The number of aromatic hydroxyl groups is 1. The fourth-order valence-electron chi connectivity index (χ4n) is 3.65. The molecule has 14 nitrogen and oxygen atoms in total. The van der Waals surface area contributed by atoms with E-state index in [9.17, 15) is 28.5 Å². The van der Waals surface area contributed by atoms with Gasteiger partial charge in [0.1, 0.15) is 29.6 Å². The molecule has 8 N–H and O–H groups in total. The average Bonchev–Trinajstić information content (AvgIpc) is 3.36. The Labute approximate surface area is 199 Å². The molecule has 188 valence electrons. The molecule has 3 heterocycles. The first kappa shape index (κ1) is 24.8. The molecule has 0 bridgehead atoms. The Bertz CT molecular complexity index is 1310. The lowest BCUT2D eigenvalue weighted by atomic mass is 10.1. The van der Waals surface area contributed by atoms with Crippen molar-refractivity contribution in [2.45, 2.75) is 37.0 Å². The number of anilines is 1. The molecular weight excluding hydrogens is 484 g/mol. The van der Waals surface area contributed by atoms with Gasteiger partial charge in [-0.2, -0.15) is 8.42 Å². The summed E-state index contributed by atoms with van der Waals surface area (Å²) in [7, 11) is -4.60. The van der Waals surface area contributed by atoms with Crippen LogP contribution in [0, 0.1) is 0 Å². The number of fused-ring (bicyclic) bond motifs is 1. The van der Waals surface area contributed by atoms with Gasteiger partial charge in [-0.1, -0.05) is 12.1 Å². The van der Waals surface area contributed by atoms with Crippen LogP contribution in [0.5, 0.6) is 5.75 Å². The van der Waals surface area contributed by atoms with Crippen LogP contribution in [0.3, 0.4) is 0 Å². The molecule has 0 aliphatic carbocycles. The molecule has 1 aliphatic rings. The van der Waals surface area contributed by atoms with E-state index in [1.54, 1.807) is 22.9 Å². The first-order chi connectivity index (χ1) is 16.6. The molecule has 35 heavy (non-hydrogen) atoms. The molecule has 1 aromatic carbocycles. The molecule has 1 amide bonds. The number of carbonyl (C=O) groups is 1. The van der Waals surface area contributed by atoms with Gasteiger partial charge in [-0.25, -0.2) is 14.7 Å². The number of phenols is 1. The van der Waals surface area contributed by atoms with Crippen LogP contribution in [0.25, 0.3) is 11.0 Å². The predicted octanol–water partition coefficient (Wildman–Crippen LogP) is -1.71. The lowest BCUT2D eigenvalue weighted by Crippen LogP contribution is -2.45. The number of amides is 1. The maximum Gasteiger partial charge on any atom is 0.362 e. The maximum atomic E-state index is 12.2. The number of pyridine rings is 1. The van der Waals surface area contributed by atoms with Gasteiger partial charge in [0, 0.05) is 6.20 Å². The summed E-state index contributed by atoms with van der Waals surface area (Å²) < 4.78 is 38.0. The summed E-state index contributed by atoms with van der Waals surface area (Å²) in [5, 5.41) is 30.1. The molecule has 2 aromatic heterocycles. The maximum absolute atomic E-state index is 12.2. The van der Waals surface area contributed by atoms with Crippen molar-refractivity contribution in [2.24, 2.45) is 5.73 Å². The zero-order valence-corrected chi connectivity index (χ0v) is 18.9. The quantitative estimate of drug-likeness (QED) is 0.200. The van der Waals surface area contributed by atoms with Crippen molar-refractivity contribution in [2.75, 3.05) is 12.3 Å². The number of benzene rings is 1. The van der Waals surface area contributed by atoms with Crippen LogP contribution < -0.4 is 16.2 Å². The van der Waals surface area contributed by atoms with Gasteiger partial charge in [-0.15, -0.1) is 0 Å². The largest absolute Gasteiger partial charge is 0.508 e. The molecule has 3 aromatic rings. The summed E-state index contributed by atoms with van der Waals surface area (Å²) in [6.45, 7) is -0.694. The molecule has 0 saturated carbocycles. The van der Waals surface area contributed by atoms with Gasteiger partial charge in [0.2, 0.25) is 0 Å². The highest BCUT2D eigenvalue weighted by atomic mass is 32.2. The Kier molecular flexibility index (Phi) is 6.88. The van der Waals surface area contributed by atoms with Crippen LogP contribution in [0.15, 0.2) is 42.9 Å². The Balaban J connectivity index is 1.36. The standard InChI is InChI=1S/C20H24N6O8S/c21-12(7-10-1-3-11(27)4-2-10)19(30)25-35(31,32)33-8-14-16(28)17(29)20(34-14)26-9-24-15-13(26)5-6-23-18(15)22/h1-6,9,12,14,16-17,20,27-29H,7-8,21H2,(H2,22,23)(H,25,30)/t12-,14+,16+,17+,20+/m0/s1. The van der Waals surface area contributed by atoms with Gasteiger partial charge in [-0.05, 0) is 30.2 Å². The highest BCUT2D eigenvalue weighted by Crippen LogP contribution is 2.32. The molecule has 1 saturated heterocycles. The number of nitrogens with one attached hydrogen (secondary N) is 1. The molecular formula is C20H24N6O8S. The number of nitrogens with two attached hydrogens (primary N) is 2. The minimum Gasteiger partial charge on any atom is -0.508 e. The van der Waals surface area contributed by atoms with Crippen LogP contribution in [-0.2, 0) is 30.4 Å². The third-order valence-corrected chi connectivity index (χ3v) is 6.37. The number of aliphatic hydroxyl groups excluding tert-OH is 2. The zero-order valence-electron chi connectivity index (χ0n) is 18.1. The number of hydrogen-bond acceptors (Lipinski definition) is 12. The number of phenolic OH excluding ortho intramolecular Hbond substituents is 1. The van der Waals surface area contributed by atoms with Crippen molar-refractivity contribution < 1.29 is 37.5 Å². The second-order valence-electron chi connectivity index (χ2n) is 7.94. The minimum atomic E-state index is -4.60. The van der Waals surface area contributed by atoms with Gasteiger partial charge in [0.15, 0.2) is 12.0 Å². The lowest BCUT2D eigenvalue weighted by molar-refractivity contribution is -0.120. The number of rotatable bonds is 8. The van der Waals surface area contributed by atoms with Crippen LogP contribution >= 0.6 is 0 Å². The van der Waals surface area contributed by atoms with Crippen molar-refractivity contribution in [3.8, 4) is 5.75 Å². The second-order valence-corrected chi connectivity index (χ2v) is 9.29. The van der Waals surface area contributed by atoms with Crippen molar-refractivity contribution >= 4 is 33.1 Å². The SMILES string of the molecule is Nc1nccc2c1ncn2[C@@H]1O[C@H](COS(=O)(=O)NC(=O)[C@@H](N)Cc2ccc(O)cc2)[C@@H](O)[C@H]1O.